The molecule has 6 nitrogen and oxygen atoms in total. The lowest BCUT2D eigenvalue weighted by Crippen LogP contribution is -2.44. The number of fused-ring (bicyclic) bond motifs is 3. The largest absolute Gasteiger partial charge is 0.449 e. The number of carbonyl (C=O) groups excluding carboxylic acids is 3. The molecule has 0 aromatic heterocycles. The van der Waals surface area contributed by atoms with Crippen LogP contribution in [-0.2, 0) is 19.1 Å². The number of methoxy groups -OCH3 is 1. The Morgan fingerprint density at radius 3 is 2.17 bits per heavy atom. The van der Waals surface area contributed by atoms with Gasteiger partial charge in [-0.15, -0.1) is 0 Å². The van der Waals surface area contributed by atoms with Gasteiger partial charge in [-0.1, -0.05) is 64.5 Å². The van der Waals surface area contributed by atoms with E-state index in [9.17, 15) is 14.4 Å². The van der Waals surface area contributed by atoms with E-state index in [-0.39, 0.29) is 42.4 Å². The van der Waals surface area contributed by atoms with Crippen LogP contribution in [0.3, 0.4) is 0 Å². The summed E-state index contributed by atoms with van der Waals surface area (Å²) in [7, 11) is 1.38. The third kappa shape index (κ3) is 4.92. The molecule has 3 rings (SSSR count). The van der Waals surface area contributed by atoms with Gasteiger partial charge in [0.1, 0.15) is 25.0 Å². The van der Waals surface area contributed by atoms with Crippen molar-refractivity contribution in [1.82, 2.24) is 5.32 Å². The highest BCUT2D eigenvalue weighted by Gasteiger charge is 2.30. The van der Waals surface area contributed by atoms with Crippen molar-refractivity contribution in [3.63, 3.8) is 0 Å². The van der Waals surface area contributed by atoms with E-state index in [0.29, 0.717) is 0 Å². The molecule has 0 fully saturated rings. The number of halogens is 1. The number of carbonyl (C=O) groups is 3. The number of benzene rings is 2. The molecule has 0 saturated heterocycles. The minimum Gasteiger partial charge on any atom is -0.449 e. The molecular weight excluding hydrogens is 438 g/mol. The molecule has 0 unspecified atom stereocenters. The second-order valence-electron chi connectivity index (χ2n) is 6.80. The molecule has 0 aliphatic heterocycles. The number of nitrogens with one attached hydrogen (secondary N) is 1. The lowest BCUT2D eigenvalue weighted by Gasteiger charge is -2.18. The molecule has 0 radical (unpaired) electrons. The van der Waals surface area contributed by atoms with Crippen LogP contribution in [0, 0.1) is 0 Å². The van der Waals surface area contributed by atoms with E-state index in [1.54, 1.807) is 0 Å². The van der Waals surface area contributed by atoms with Crippen molar-refractivity contribution < 1.29 is 23.9 Å². The smallest absolute Gasteiger partial charge is 0.407 e. The number of Topliss-reactive ketones (excluding diaryl/α,β-unsaturated/α-hetero) is 2. The van der Waals surface area contributed by atoms with Crippen LogP contribution in [0.1, 0.15) is 23.5 Å². The third-order valence-corrected chi connectivity index (χ3v) is 5.52. The maximum absolute atomic E-state index is 12.4. The minimum absolute atomic E-state index is 0.0783. The van der Waals surface area contributed by atoms with Crippen molar-refractivity contribution in [2.24, 2.45) is 0 Å². The molecule has 1 amide bonds. The normalized spacial score (nSPS) is 13.3. The van der Waals surface area contributed by atoms with Crippen LogP contribution < -0.4 is 5.32 Å². The predicted octanol–water partition coefficient (Wildman–Crippen LogP) is 3.46. The topological polar surface area (TPSA) is 81.7 Å². The number of alkyl carbamates (subject to hydrolysis) is 1. The van der Waals surface area contributed by atoms with E-state index in [1.165, 1.54) is 7.11 Å². The van der Waals surface area contributed by atoms with E-state index < -0.39 is 12.1 Å². The number of amides is 1. The summed E-state index contributed by atoms with van der Waals surface area (Å²) < 4.78 is 10.3. The molecule has 0 spiro atoms. The molecule has 2 aromatic carbocycles. The lowest BCUT2D eigenvalue weighted by atomic mass is 9.98. The number of hydrogen-bond acceptors (Lipinski definition) is 5. The number of hydrogen-bond donors (Lipinski definition) is 1. The highest BCUT2D eigenvalue weighted by molar-refractivity contribution is 9.09. The highest BCUT2D eigenvalue weighted by atomic mass is 79.9. The Bertz CT molecular complexity index is 868. The Balaban J connectivity index is 1.68. The molecule has 0 bridgehead atoms. The average Bonchev–Trinajstić information content (AvgIpc) is 3.05. The molecule has 1 atom stereocenters. The summed E-state index contributed by atoms with van der Waals surface area (Å²) in [6.45, 7) is -0.0542. The molecule has 0 heterocycles. The molecule has 2 aromatic rings. The Kier molecular flexibility index (Phi) is 7.17. The maximum Gasteiger partial charge on any atom is 0.407 e. The quantitative estimate of drug-likeness (QED) is 0.580. The van der Waals surface area contributed by atoms with Crippen LogP contribution in [0.5, 0.6) is 0 Å². The van der Waals surface area contributed by atoms with Crippen molar-refractivity contribution in [3.8, 4) is 11.1 Å². The average molecular weight is 460 g/mol. The second-order valence-corrected chi connectivity index (χ2v) is 7.36. The summed E-state index contributed by atoms with van der Waals surface area (Å²) in [6.07, 6.45) is -0.846. The highest BCUT2D eigenvalue weighted by Crippen LogP contribution is 2.44. The predicted molar refractivity (Wildman–Crippen MR) is 112 cm³/mol. The van der Waals surface area contributed by atoms with Gasteiger partial charge in [-0.25, -0.2) is 4.79 Å². The Morgan fingerprint density at radius 2 is 1.62 bits per heavy atom. The standard InChI is InChI=1S/C22H22BrNO5/c1-28-13-21(26)20(10-14(25)11-23)24-22(27)29-12-19-17-8-4-2-6-15(17)16-7-3-5-9-18(16)19/h2-9,19-20H,10-13H2,1H3,(H,24,27)/t20-/m1/s1. The number of rotatable bonds is 9. The van der Waals surface area contributed by atoms with Gasteiger partial charge in [-0.2, -0.15) is 0 Å². The van der Waals surface area contributed by atoms with Crippen LogP contribution in [0.2, 0.25) is 0 Å². The summed E-state index contributed by atoms with van der Waals surface area (Å²) in [4.78, 5) is 36.2. The van der Waals surface area contributed by atoms with Crippen LogP contribution in [-0.4, -0.2) is 49.4 Å². The fraction of sp³-hybridized carbons (Fsp3) is 0.318. The number of alkyl halides is 1. The summed E-state index contributed by atoms with van der Waals surface area (Å²) in [6, 6.07) is 15.1. The summed E-state index contributed by atoms with van der Waals surface area (Å²) in [5.41, 5.74) is 4.47. The SMILES string of the molecule is COCC(=O)[C@@H](CC(=O)CBr)NC(=O)OCC1c2ccccc2-c2ccccc21. The lowest BCUT2D eigenvalue weighted by molar-refractivity contribution is -0.127. The van der Waals surface area contributed by atoms with E-state index in [0.717, 1.165) is 22.3 Å². The first-order chi connectivity index (χ1) is 14.0. The molecule has 152 valence electrons. The van der Waals surface area contributed by atoms with Crippen molar-refractivity contribution in [3.05, 3.63) is 59.7 Å². The van der Waals surface area contributed by atoms with Gasteiger partial charge < -0.3 is 14.8 Å². The minimum atomic E-state index is -0.976. The van der Waals surface area contributed by atoms with Crippen molar-refractivity contribution in [2.45, 2.75) is 18.4 Å². The van der Waals surface area contributed by atoms with Gasteiger partial charge in [-0.3, -0.25) is 9.59 Å². The summed E-state index contributed by atoms with van der Waals surface area (Å²) in [5, 5.41) is 2.61. The van der Waals surface area contributed by atoms with Crippen LogP contribution in [0.25, 0.3) is 11.1 Å². The Morgan fingerprint density at radius 1 is 1.03 bits per heavy atom. The Hall–Kier alpha value is -2.51. The molecule has 1 aliphatic carbocycles. The zero-order chi connectivity index (χ0) is 20.8. The van der Waals surface area contributed by atoms with Gasteiger partial charge in [0, 0.05) is 19.4 Å². The molecule has 1 N–H and O–H groups in total. The zero-order valence-electron chi connectivity index (χ0n) is 16.0. The van der Waals surface area contributed by atoms with Crippen molar-refractivity contribution >= 4 is 33.6 Å². The van der Waals surface area contributed by atoms with E-state index in [2.05, 4.69) is 33.4 Å². The van der Waals surface area contributed by atoms with E-state index in [4.69, 9.17) is 9.47 Å². The first kappa shape index (κ1) is 21.2. The van der Waals surface area contributed by atoms with E-state index in [1.807, 2.05) is 36.4 Å². The zero-order valence-corrected chi connectivity index (χ0v) is 17.6. The monoisotopic (exact) mass is 459 g/mol. The molecule has 7 heteroatoms. The van der Waals surface area contributed by atoms with Crippen LogP contribution in [0.4, 0.5) is 4.79 Å². The van der Waals surface area contributed by atoms with Gasteiger partial charge >= 0.3 is 6.09 Å². The fourth-order valence-corrected chi connectivity index (χ4v) is 3.78. The first-order valence-electron chi connectivity index (χ1n) is 9.26. The molecule has 1 aliphatic rings. The summed E-state index contributed by atoms with van der Waals surface area (Å²) >= 11 is 3.07. The summed E-state index contributed by atoms with van der Waals surface area (Å²) in [5.74, 6) is -0.654. The third-order valence-electron chi connectivity index (χ3n) is 4.89. The van der Waals surface area contributed by atoms with Crippen LogP contribution >= 0.6 is 15.9 Å². The number of ether oxygens (including phenoxy) is 2. The maximum atomic E-state index is 12.4. The molecule has 29 heavy (non-hydrogen) atoms. The van der Waals surface area contributed by atoms with Gasteiger partial charge in [-0.05, 0) is 22.3 Å². The van der Waals surface area contributed by atoms with Gasteiger partial charge in [0.15, 0.2) is 5.78 Å². The van der Waals surface area contributed by atoms with Gasteiger partial charge in [0.2, 0.25) is 0 Å². The molecule has 0 saturated carbocycles. The van der Waals surface area contributed by atoms with Crippen molar-refractivity contribution in [2.75, 3.05) is 25.7 Å². The van der Waals surface area contributed by atoms with Gasteiger partial charge in [0.05, 0.1) is 5.33 Å². The molecular formula is C22H22BrNO5. The van der Waals surface area contributed by atoms with E-state index >= 15 is 0 Å². The van der Waals surface area contributed by atoms with Gasteiger partial charge in [0.25, 0.3) is 0 Å². The fourth-order valence-electron chi connectivity index (χ4n) is 3.55. The second kappa shape index (κ2) is 9.80. The Labute approximate surface area is 177 Å². The van der Waals surface area contributed by atoms with Crippen molar-refractivity contribution in [1.29, 1.82) is 0 Å². The number of ketones is 2. The first-order valence-corrected chi connectivity index (χ1v) is 10.4. The van der Waals surface area contributed by atoms with Crippen LogP contribution in [0.15, 0.2) is 48.5 Å².